The quantitative estimate of drug-likeness (QED) is 0.595. The summed E-state index contributed by atoms with van der Waals surface area (Å²) in [5.41, 5.74) is 5.67. The highest BCUT2D eigenvalue weighted by Crippen LogP contribution is 2.10. The molecular weight excluding hydrogens is 304 g/mol. The van der Waals surface area contributed by atoms with Crippen molar-refractivity contribution < 1.29 is 9.21 Å². The Labute approximate surface area is 138 Å². The summed E-state index contributed by atoms with van der Waals surface area (Å²) >= 11 is 0. The Bertz CT molecular complexity index is 1000. The Morgan fingerprint density at radius 1 is 1.12 bits per heavy atom. The fourth-order valence-corrected chi connectivity index (χ4v) is 2.29. The molecule has 1 aromatic heterocycles. The number of carbonyl (C=O) groups is 1. The molecule has 2 aromatic carbocycles. The maximum absolute atomic E-state index is 12.3. The number of nitrogens with one attached hydrogen (secondary N) is 1. The van der Waals surface area contributed by atoms with Gasteiger partial charge in [0.2, 0.25) is 5.43 Å². The Morgan fingerprint density at radius 3 is 2.71 bits per heavy atom. The molecule has 0 aliphatic carbocycles. The van der Waals surface area contributed by atoms with E-state index >= 15 is 0 Å². The first-order valence-corrected chi connectivity index (χ1v) is 7.47. The number of aryl methyl sites for hydroxylation is 2. The monoisotopic (exact) mass is 320 g/mol. The second-order valence-electron chi connectivity index (χ2n) is 5.51. The third-order valence-corrected chi connectivity index (χ3v) is 3.85. The van der Waals surface area contributed by atoms with Crippen LogP contribution in [0.4, 0.5) is 0 Å². The van der Waals surface area contributed by atoms with E-state index in [1.807, 2.05) is 19.9 Å². The zero-order valence-corrected chi connectivity index (χ0v) is 13.4. The summed E-state index contributed by atoms with van der Waals surface area (Å²) in [7, 11) is 0. The Kier molecular flexibility index (Phi) is 4.24. The van der Waals surface area contributed by atoms with Crippen LogP contribution in [0.5, 0.6) is 0 Å². The molecule has 0 atom stereocenters. The van der Waals surface area contributed by atoms with Crippen LogP contribution in [-0.4, -0.2) is 12.1 Å². The second kappa shape index (κ2) is 6.50. The predicted octanol–water partition coefficient (Wildman–Crippen LogP) is 3.17. The normalized spacial score (nSPS) is 11.1. The average Bonchev–Trinajstić information content (AvgIpc) is 2.59. The number of fused-ring (bicyclic) bond motifs is 1. The maximum Gasteiger partial charge on any atom is 0.271 e. The van der Waals surface area contributed by atoms with Crippen molar-refractivity contribution in [2.45, 2.75) is 13.8 Å². The molecule has 5 heteroatoms. The molecular formula is C19H16N2O3. The molecule has 0 saturated carbocycles. The molecule has 0 aliphatic rings. The van der Waals surface area contributed by atoms with Crippen LogP contribution in [0.15, 0.2) is 63.0 Å². The Balaban J connectivity index is 1.79. The summed E-state index contributed by atoms with van der Waals surface area (Å²) in [6.07, 6.45) is 2.62. The zero-order valence-electron chi connectivity index (χ0n) is 13.4. The van der Waals surface area contributed by atoms with Crippen molar-refractivity contribution in [3.63, 3.8) is 0 Å². The fraction of sp³-hybridized carbons (Fsp3) is 0.105. The van der Waals surface area contributed by atoms with Gasteiger partial charge in [0.25, 0.3) is 5.91 Å². The van der Waals surface area contributed by atoms with E-state index in [4.69, 9.17) is 4.42 Å². The molecule has 5 nitrogen and oxygen atoms in total. The van der Waals surface area contributed by atoms with Gasteiger partial charge < -0.3 is 4.42 Å². The number of rotatable bonds is 3. The van der Waals surface area contributed by atoms with Gasteiger partial charge in [-0.15, -0.1) is 0 Å². The molecule has 0 fully saturated rings. The highest BCUT2D eigenvalue weighted by Gasteiger charge is 2.07. The molecule has 0 aliphatic heterocycles. The molecule has 1 amide bonds. The Morgan fingerprint density at radius 2 is 1.92 bits per heavy atom. The van der Waals surface area contributed by atoms with E-state index in [1.54, 1.807) is 36.4 Å². The molecule has 0 bridgehead atoms. The van der Waals surface area contributed by atoms with Gasteiger partial charge in [-0.3, -0.25) is 9.59 Å². The number of benzene rings is 2. The van der Waals surface area contributed by atoms with Gasteiger partial charge in [0, 0.05) is 5.56 Å². The first-order valence-electron chi connectivity index (χ1n) is 7.47. The standard InChI is InChI=1S/C19H16N2O3/c1-12-7-8-14(9-13(12)2)19(23)21-20-10-15-11-24-17-6-4-3-5-16(17)18(15)22/h3-11H,1-2H3,(H,21,23). The lowest BCUT2D eigenvalue weighted by atomic mass is 10.1. The van der Waals surface area contributed by atoms with Crippen LogP contribution < -0.4 is 10.9 Å². The number of hydrogen-bond acceptors (Lipinski definition) is 4. The molecule has 1 N–H and O–H groups in total. The minimum absolute atomic E-state index is 0.193. The summed E-state index contributed by atoms with van der Waals surface area (Å²) in [5, 5.41) is 4.33. The van der Waals surface area contributed by atoms with Gasteiger partial charge in [0.1, 0.15) is 11.8 Å². The minimum Gasteiger partial charge on any atom is -0.463 e. The lowest BCUT2D eigenvalue weighted by Gasteiger charge is -2.03. The van der Waals surface area contributed by atoms with Crippen molar-refractivity contribution in [3.05, 3.63) is 81.2 Å². The predicted molar refractivity (Wildman–Crippen MR) is 93.5 cm³/mol. The highest BCUT2D eigenvalue weighted by molar-refractivity contribution is 5.95. The van der Waals surface area contributed by atoms with E-state index in [0.29, 0.717) is 16.5 Å². The first kappa shape index (κ1) is 15.7. The SMILES string of the molecule is Cc1ccc(C(=O)NN=Cc2coc3ccccc3c2=O)cc1C. The van der Waals surface area contributed by atoms with E-state index in [0.717, 1.165) is 11.1 Å². The molecule has 3 aromatic rings. The van der Waals surface area contributed by atoms with Gasteiger partial charge in [0.05, 0.1) is 17.2 Å². The first-order chi connectivity index (χ1) is 11.6. The molecule has 120 valence electrons. The number of amides is 1. The van der Waals surface area contributed by atoms with Crippen molar-refractivity contribution >= 4 is 23.1 Å². The van der Waals surface area contributed by atoms with Crippen LogP contribution in [-0.2, 0) is 0 Å². The number of para-hydroxylation sites is 1. The van der Waals surface area contributed by atoms with E-state index in [1.165, 1.54) is 12.5 Å². The highest BCUT2D eigenvalue weighted by atomic mass is 16.3. The van der Waals surface area contributed by atoms with E-state index in [2.05, 4.69) is 10.5 Å². The molecule has 24 heavy (non-hydrogen) atoms. The van der Waals surface area contributed by atoms with Gasteiger partial charge in [0.15, 0.2) is 0 Å². The summed E-state index contributed by atoms with van der Waals surface area (Å²) in [5.74, 6) is -0.334. The van der Waals surface area contributed by atoms with E-state index in [-0.39, 0.29) is 16.9 Å². The van der Waals surface area contributed by atoms with Crippen molar-refractivity contribution in [1.82, 2.24) is 5.43 Å². The van der Waals surface area contributed by atoms with Crippen LogP contribution in [0.25, 0.3) is 11.0 Å². The smallest absolute Gasteiger partial charge is 0.271 e. The fourth-order valence-electron chi connectivity index (χ4n) is 2.29. The van der Waals surface area contributed by atoms with Crippen molar-refractivity contribution in [2.24, 2.45) is 5.10 Å². The van der Waals surface area contributed by atoms with Crippen LogP contribution in [0.3, 0.4) is 0 Å². The van der Waals surface area contributed by atoms with E-state index < -0.39 is 0 Å². The summed E-state index contributed by atoms with van der Waals surface area (Å²) in [4.78, 5) is 24.4. The largest absolute Gasteiger partial charge is 0.463 e. The zero-order chi connectivity index (χ0) is 17.1. The number of carbonyl (C=O) groups excluding carboxylic acids is 1. The van der Waals surface area contributed by atoms with Crippen LogP contribution in [0.2, 0.25) is 0 Å². The minimum atomic E-state index is -0.334. The van der Waals surface area contributed by atoms with Gasteiger partial charge in [-0.1, -0.05) is 18.2 Å². The molecule has 3 rings (SSSR count). The third-order valence-electron chi connectivity index (χ3n) is 3.85. The summed E-state index contributed by atoms with van der Waals surface area (Å²) in [6, 6.07) is 12.4. The molecule has 0 unspecified atom stereocenters. The summed E-state index contributed by atoms with van der Waals surface area (Å²) < 4.78 is 5.39. The van der Waals surface area contributed by atoms with Crippen molar-refractivity contribution in [3.8, 4) is 0 Å². The van der Waals surface area contributed by atoms with Gasteiger partial charge in [-0.05, 0) is 49.2 Å². The van der Waals surface area contributed by atoms with Crippen LogP contribution >= 0.6 is 0 Å². The molecule has 0 radical (unpaired) electrons. The Hall–Kier alpha value is -3.21. The van der Waals surface area contributed by atoms with E-state index in [9.17, 15) is 9.59 Å². The number of nitrogens with zero attached hydrogens (tertiary/aromatic N) is 1. The van der Waals surface area contributed by atoms with Crippen molar-refractivity contribution in [2.75, 3.05) is 0 Å². The molecule has 1 heterocycles. The second-order valence-corrected chi connectivity index (χ2v) is 5.51. The van der Waals surface area contributed by atoms with Gasteiger partial charge >= 0.3 is 0 Å². The number of hydrazone groups is 1. The number of hydrogen-bond donors (Lipinski definition) is 1. The lowest BCUT2D eigenvalue weighted by molar-refractivity contribution is 0.0955. The molecule has 0 saturated heterocycles. The topological polar surface area (TPSA) is 71.7 Å². The maximum atomic E-state index is 12.3. The van der Waals surface area contributed by atoms with Crippen LogP contribution in [0, 0.1) is 13.8 Å². The average molecular weight is 320 g/mol. The van der Waals surface area contributed by atoms with Gasteiger partial charge in [-0.2, -0.15) is 5.10 Å². The third kappa shape index (κ3) is 3.10. The van der Waals surface area contributed by atoms with Gasteiger partial charge in [-0.25, -0.2) is 5.43 Å². The van der Waals surface area contributed by atoms with Crippen LogP contribution in [0.1, 0.15) is 27.0 Å². The molecule has 0 spiro atoms. The summed E-state index contributed by atoms with van der Waals surface area (Å²) in [6.45, 7) is 3.92. The lowest BCUT2D eigenvalue weighted by Crippen LogP contribution is -2.18. The van der Waals surface area contributed by atoms with Crippen molar-refractivity contribution in [1.29, 1.82) is 0 Å².